The maximum Gasteiger partial charge on any atom is 0.359 e. The smallest absolute Gasteiger partial charge is 0.359 e. The molecule has 2 aromatic carbocycles. The van der Waals surface area contributed by atoms with E-state index in [9.17, 15) is 5.02 Å². The summed E-state index contributed by atoms with van der Waals surface area (Å²) in [6.07, 6.45) is 0. The molecule has 0 aliphatic carbocycles. The van der Waals surface area contributed by atoms with E-state index in [2.05, 4.69) is 6.07 Å². The zero-order valence-corrected chi connectivity index (χ0v) is 10.6. The molecule has 0 spiro atoms. The summed E-state index contributed by atoms with van der Waals surface area (Å²) in [4.78, 5) is 0. The summed E-state index contributed by atoms with van der Waals surface area (Å²) < 4.78 is 0. The monoisotopic (exact) mass is 255 g/mol. The first-order valence-electron chi connectivity index (χ1n) is 5.56. The third kappa shape index (κ3) is 2.56. The topological polar surface area (TPSA) is 44.0 Å². The summed E-state index contributed by atoms with van der Waals surface area (Å²) >= 11 is 5.95. The molecule has 2 nitrogen and oxygen atoms in total. The van der Waals surface area contributed by atoms with Crippen LogP contribution < -0.4 is 10.9 Å². The zero-order chi connectivity index (χ0) is 13.1. The second kappa shape index (κ2) is 5.26. The van der Waals surface area contributed by atoms with Gasteiger partial charge in [-0.05, 0) is 41.6 Å². The summed E-state index contributed by atoms with van der Waals surface area (Å²) in [5.74, 6) is 0. The molecule has 0 bridgehead atoms. The second-order valence-electron chi connectivity index (χ2n) is 4.15. The van der Waals surface area contributed by atoms with Crippen LogP contribution in [0, 0.1) is 18.3 Å². The quantitative estimate of drug-likeness (QED) is 0.829. The van der Waals surface area contributed by atoms with Gasteiger partial charge in [-0.1, -0.05) is 35.9 Å². The Bertz CT molecular complexity index is 621. The molecule has 0 fully saturated rings. The lowest BCUT2D eigenvalue weighted by Crippen LogP contribution is -2.42. The first-order chi connectivity index (χ1) is 8.61. The van der Waals surface area contributed by atoms with E-state index in [4.69, 9.17) is 16.9 Å². The van der Waals surface area contributed by atoms with Crippen LogP contribution in [-0.2, 0) is 0 Å². The maximum atomic E-state index is 10.3. The van der Waals surface area contributed by atoms with Gasteiger partial charge < -0.3 is 5.02 Å². The standard InChI is InChI=1S/C14H11BClNO/c1-10-7-13(5-6-14(10)16)15(18)12-4-2-3-11(8-12)9-17/h2-8,18H,1H3. The van der Waals surface area contributed by atoms with Crippen molar-refractivity contribution in [3.05, 3.63) is 58.6 Å². The van der Waals surface area contributed by atoms with E-state index >= 15 is 0 Å². The molecule has 0 saturated carbocycles. The molecule has 0 aliphatic rings. The molecular weight excluding hydrogens is 244 g/mol. The Morgan fingerprint density at radius 3 is 2.56 bits per heavy atom. The molecule has 0 radical (unpaired) electrons. The number of halogens is 1. The molecule has 2 aromatic rings. The van der Waals surface area contributed by atoms with Gasteiger partial charge in [0, 0.05) is 5.02 Å². The van der Waals surface area contributed by atoms with Crippen molar-refractivity contribution in [2.45, 2.75) is 6.92 Å². The van der Waals surface area contributed by atoms with Crippen LogP contribution in [0.25, 0.3) is 0 Å². The molecule has 4 heteroatoms. The van der Waals surface area contributed by atoms with Gasteiger partial charge in [0.25, 0.3) is 0 Å². The van der Waals surface area contributed by atoms with Crippen molar-refractivity contribution in [3.63, 3.8) is 0 Å². The third-order valence-electron chi connectivity index (χ3n) is 2.83. The molecule has 0 aliphatic heterocycles. The Hall–Kier alpha value is -1.76. The number of hydrogen-bond donors (Lipinski definition) is 1. The van der Waals surface area contributed by atoms with Crippen molar-refractivity contribution in [1.29, 1.82) is 5.26 Å². The van der Waals surface area contributed by atoms with Crippen molar-refractivity contribution < 1.29 is 5.02 Å². The Kier molecular flexibility index (Phi) is 3.71. The molecule has 18 heavy (non-hydrogen) atoms. The number of benzene rings is 2. The van der Waals surface area contributed by atoms with Crippen LogP contribution in [0.3, 0.4) is 0 Å². The largest absolute Gasteiger partial charge is 0.443 e. The van der Waals surface area contributed by atoms with Crippen LogP contribution in [0.5, 0.6) is 0 Å². The fourth-order valence-corrected chi connectivity index (χ4v) is 1.93. The van der Waals surface area contributed by atoms with Crippen LogP contribution in [0.1, 0.15) is 11.1 Å². The van der Waals surface area contributed by atoms with Crippen molar-refractivity contribution in [2.75, 3.05) is 0 Å². The summed E-state index contributed by atoms with van der Waals surface area (Å²) in [6.45, 7) is 1.15. The predicted molar refractivity (Wildman–Crippen MR) is 74.6 cm³/mol. The molecule has 2 rings (SSSR count). The van der Waals surface area contributed by atoms with Crippen LogP contribution >= 0.6 is 11.6 Å². The normalized spacial score (nSPS) is 9.89. The summed E-state index contributed by atoms with van der Waals surface area (Å²) in [6, 6.07) is 14.4. The number of nitrogens with zero attached hydrogens (tertiary/aromatic N) is 1. The average Bonchev–Trinajstić information content (AvgIpc) is 2.41. The Balaban J connectivity index is 2.38. The highest BCUT2D eigenvalue weighted by molar-refractivity contribution is 6.79. The van der Waals surface area contributed by atoms with E-state index < -0.39 is 6.92 Å². The van der Waals surface area contributed by atoms with Gasteiger partial charge in [0.2, 0.25) is 0 Å². The van der Waals surface area contributed by atoms with Gasteiger partial charge in [-0.25, -0.2) is 0 Å². The second-order valence-corrected chi connectivity index (χ2v) is 4.56. The minimum atomic E-state index is -0.741. The number of hydrogen-bond acceptors (Lipinski definition) is 2. The van der Waals surface area contributed by atoms with Gasteiger partial charge >= 0.3 is 6.92 Å². The van der Waals surface area contributed by atoms with E-state index in [1.54, 1.807) is 36.4 Å². The van der Waals surface area contributed by atoms with Crippen molar-refractivity contribution in [1.82, 2.24) is 0 Å². The molecule has 0 unspecified atom stereocenters. The first-order valence-corrected chi connectivity index (χ1v) is 5.94. The predicted octanol–water partition coefficient (Wildman–Crippen LogP) is 1.62. The molecule has 88 valence electrons. The van der Waals surface area contributed by atoms with Crippen LogP contribution in [0.15, 0.2) is 42.5 Å². The highest BCUT2D eigenvalue weighted by Gasteiger charge is 2.17. The molecular formula is C14H11BClNO. The van der Waals surface area contributed by atoms with Gasteiger partial charge in [-0.2, -0.15) is 5.26 Å². The zero-order valence-electron chi connectivity index (χ0n) is 9.89. The Morgan fingerprint density at radius 1 is 1.17 bits per heavy atom. The molecule has 1 N–H and O–H groups in total. The van der Waals surface area contributed by atoms with Crippen molar-refractivity contribution >= 4 is 29.4 Å². The fraction of sp³-hybridized carbons (Fsp3) is 0.0714. The number of rotatable bonds is 2. The molecule has 0 saturated heterocycles. The van der Waals surface area contributed by atoms with E-state index in [1.807, 2.05) is 13.0 Å². The van der Waals surface area contributed by atoms with Crippen LogP contribution in [0.2, 0.25) is 5.02 Å². The van der Waals surface area contributed by atoms with Crippen LogP contribution in [0.4, 0.5) is 0 Å². The highest BCUT2D eigenvalue weighted by atomic mass is 35.5. The van der Waals surface area contributed by atoms with Gasteiger partial charge in [0.15, 0.2) is 0 Å². The maximum absolute atomic E-state index is 10.3. The molecule has 0 heterocycles. The fourth-order valence-electron chi connectivity index (χ4n) is 1.81. The van der Waals surface area contributed by atoms with Gasteiger partial charge in [0.1, 0.15) is 0 Å². The lowest BCUT2D eigenvalue weighted by Gasteiger charge is -2.09. The van der Waals surface area contributed by atoms with E-state index in [1.165, 1.54) is 0 Å². The summed E-state index contributed by atoms with van der Waals surface area (Å²) in [5, 5.41) is 19.8. The summed E-state index contributed by atoms with van der Waals surface area (Å²) in [7, 11) is 0. The average molecular weight is 256 g/mol. The lowest BCUT2D eigenvalue weighted by atomic mass is 9.55. The summed E-state index contributed by atoms with van der Waals surface area (Å²) in [5.41, 5.74) is 2.93. The minimum absolute atomic E-state index is 0.539. The third-order valence-corrected chi connectivity index (χ3v) is 3.25. The van der Waals surface area contributed by atoms with Gasteiger partial charge in [-0.15, -0.1) is 0 Å². The Morgan fingerprint density at radius 2 is 1.89 bits per heavy atom. The number of aryl methyl sites for hydroxylation is 1. The van der Waals surface area contributed by atoms with Crippen LogP contribution in [-0.4, -0.2) is 11.9 Å². The highest BCUT2D eigenvalue weighted by Crippen LogP contribution is 2.12. The first kappa shape index (κ1) is 12.7. The van der Waals surface area contributed by atoms with E-state index in [0.717, 1.165) is 11.0 Å². The Labute approximate surface area is 112 Å². The number of nitriles is 1. The SMILES string of the molecule is Cc1cc(B(O)c2cccc(C#N)c2)ccc1Cl. The molecule has 0 aromatic heterocycles. The molecule has 0 amide bonds. The van der Waals surface area contributed by atoms with E-state index in [-0.39, 0.29) is 0 Å². The molecule has 0 atom stereocenters. The van der Waals surface area contributed by atoms with Gasteiger partial charge in [-0.3, -0.25) is 0 Å². The van der Waals surface area contributed by atoms with Gasteiger partial charge in [0.05, 0.1) is 11.6 Å². The van der Waals surface area contributed by atoms with Crippen molar-refractivity contribution in [3.8, 4) is 6.07 Å². The minimum Gasteiger partial charge on any atom is -0.443 e. The lowest BCUT2D eigenvalue weighted by molar-refractivity contribution is 0.600. The van der Waals surface area contributed by atoms with E-state index in [0.29, 0.717) is 16.0 Å². The van der Waals surface area contributed by atoms with Crippen molar-refractivity contribution in [2.24, 2.45) is 0 Å².